The van der Waals surface area contributed by atoms with Crippen molar-refractivity contribution >= 4 is 34.2 Å². The molecule has 1 aliphatic rings. The molecule has 0 bridgehead atoms. The van der Waals surface area contributed by atoms with Crippen LogP contribution in [0.25, 0.3) is 0 Å². The van der Waals surface area contributed by atoms with Gasteiger partial charge in [-0.05, 0) is 35.4 Å². The van der Waals surface area contributed by atoms with Crippen LogP contribution in [0.4, 0.5) is 0 Å². The highest BCUT2D eigenvalue weighted by Gasteiger charge is 2.07. The SMILES string of the molecule is S=C1CCC(=S)CC1. The van der Waals surface area contributed by atoms with E-state index in [-0.39, 0.29) is 0 Å². The lowest BCUT2D eigenvalue weighted by atomic mass is 10.0. The highest BCUT2D eigenvalue weighted by Crippen LogP contribution is 2.12. The Hall–Kier alpha value is 0.180. The third kappa shape index (κ3) is 1.60. The van der Waals surface area contributed by atoms with Crippen molar-refractivity contribution in [3.63, 3.8) is 0 Å². The molecule has 0 aromatic rings. The van der Waals surface area contributed by atoms with Gasteiger partial charge in [-0.2, -0.15) is 0 Å². The number of rotatable bonds is 0. The third-order valence-electron chi connectivity index (χ3n) is 1.37. The van der Waals surface area contributed by atoms with Crippen molar-refractivity contribution in [1.82, 2.24) is 0 Å². The van der Waals surface area contributed by atoms with Crippen LogP contribution in [0.2, 0.25) is 0 Å². The zero-order valence-electron chi connectivity index (χ0n) is 4.64. The molecular weight excluding hydrogens is 136 g/mol. The summed E-state index contributed by atoms with van der Waals surface area (Å²) in [6.07, 6.45) is 4.25. The van der Waals surface area contributed by atoms with Crippen LogP contribution in [0.1, 0.15) is 25.7 Å². The van der Waals surface area contributed by atoms with Crippen molar-refractivity contribution in [2.45, 2.75) is 25.7 Å². The molecule has 0 aromatic heterocycles. The van der Waals surface area contributed by atoms with E-state index in [4.69, 9.17) is 24.4 Å². The molecule has 0 spiro atoms. The van der Waals surface area contributed by atoms with Gasteiger partial charge in [-0.3, -0.25) is 0 Å². The van der Waals surface area contributed by atoms with Crippen molar-refractivity contribution in [1.29, 1.82) is 0 Å². The molecule has 0 heterocycles. The minimum Gasteiger partial charge on any atom is -0.0897 e. The molecule has 0 aromatic carbocycles. The number of thiocarbonyl (C=S) groups is 2. The Labute approximate surface area is 60.3 Å². The van der Waals surface area contributed by atoms with Crippen molar-refractivity contribution < 1.29 is 0 Å². The van der Waals surface area contributed by atoms with E-state index in [1.54, 1.807) is 0 Å². The summed E-state index contributed by atoms with van der Waals surface area (Å²) >= 11 is 10.00. The Morgan fingerprint density at radius 3 is 1.25 bits per heavy atom. The first-order chi connectivity index (χ1) is 3.79. The highest BCUT2D eigenvalue weighted by molar-refractivity contribution is 7.81. The summed E-state index contributed by atoms with van der Waals surface area (Å²) < 4.78 is 0. The van der Waals surface area contributed by atoms with E-state index in [0.717, 1.165) is 25.7 Å². The van der Waals surface area contributed by atoms with Crippen LogP contribution in [-0.2, 0) is 0 Å². The lowest BCUT2D eigenvalue weighted by Crippen LogP contribution is -2.09. The lowest BCUT2D eigenvalue weighted by molar-refractivity contribution is 0.996. The number of hydrogen-bond acceptors (Lipinski definition) is 2. The quantitative estimate of drug-likeness (QED) is 0.478. The monoisotopic (exact) mass is 144 g/mol. The Bertz CT molecular complexity index is 98.5. The topological polar surface area (TPSA) is 0 Å². The van der Waals surface area contributed by atoms with Crippen molar-refractivity contribution in [3.8, 4) is 0 Å². The molecule has 44 valence electrons. The van der Waals surface area contributed by atoms with Gasteiger partial charge in [0.25, 0.3) is 0 Å². The molecule has 1 fully saturated rings. The second-order valence-corrected chi connectivity index (χ2v) is 3.23. The molecule has 1 saturated carbocycles. The van der Waals surface area contributed by atoms with Gasteiger partial charge in [0.1, 0.15) is 0 Å². The highest BCUT2D eigenvalue weighted by atomic mass is 32.1. The fourth-order valence-corrected chi connectivity index (χ4v) is 1.22. The van der Waals surface area contributed by atoms with Gasteiger partial charge in [-0.15, -0.1) is 0 Å². The first kappa shape index (κ1) is 6.30. The summed E-state index contributed by atoms with van der Waals surface area (Å²) in [5.74, 6) is 0. The lowest BCUT2D eigenvalue weighted by Gasteiger charge is -2.10. The van der Waals surface area contributed by atoms with Crippen LogP contribution in [0.3, 0.4) is 0 Å². The molecular formula is C6H8S2. The van der Waals surface area contributed by atoms with Crippen LogP contribution in [0, 0.1) is 0 Å². The normalized spacial score (nSPS) is 21.5. The zero-order valence-corrected chi connectivity index (χ0v) is 6.28. The molecule has 0 unspecified atom stereocenters. The summed E-state index contributed by atoms with van der Waals surface area (Å²) in [5.41, 5.74) is 0. The maximum absolute atomic E-state index is 5.00. The predicted molar refractivity (Wildman–Crippen MR) is 43.7 cm³/mol. The van der Waals surface area contributed by atoms with Crippen LogP contribution in [-0.4, -0.2) is 9.73 Å². The molecule has 1 aliphatic carbocycles. The van der Waals surface area contributed by atoms with Gasteiger partial charge in [-0.25, -0.2) is 0 Å². The number of hydrogen-bond donors (Lipinski definition) is 0. The molecule has 1 rings (SSSR count). The van der Waals surface area contributed by atoms with E-state index in [1.807, 2.05) is 0 Å². The van der Waals surface area contributed by atoms with Gasteiger partial charge in [0.05, 0.1) is 0 Å². The van der Waals surface area contributed by atoms with Crippen LogP contribution in [0.15, 0.2) is 0 Å². The van der Waals surface area contributed by atoms with Gasteiger partial charge >= 0.3 is 0 Å². The van der Waals surface area contributed by atoms with Gasteiger partial charge in [0.15, 0.2) is 0 Å². The maximum atomic E-state index is 5.00. The summed E-state index contributed by atoms with van der Waals surface area (Å²) in [4.78, 5) is 2.41. The zero-order chi connectivity index (χ0) is 5.98. The van der Waals surface area contributed by atoms with E-state index in [9.17, 15) is 0 Å². The van der Waals surface area contributed by atoms with Crippen LogP contribution >= 0.6 is 24.4 Å². The smallest absolute Gasteiger partial charge is 0.00645 e. The fourth-order valence-electron chi connectivity index (χ4n) is 0.808. The van der Waals surface area contributed by atoms with Gasteiger partial charge in [0, 0.05) is 0 Å². The Balaban J connectivity index is 2.40. The van der Waals surface area contributed by atoms with E-state index in [2.05, 4.69) is 0 Å². The summed E-state index contributed by atoms with van der Waals surface area (Å²) in [6.45, 7) is 0. The Morgan fingerprint density at radius 1 is 0.750 bits per heavy atom. The Morgan fingerprint density at radius 2 is 1.00 bits per heavy atom. The van der Waals surface area contributed by atoms with E-state index >= 15 is 0 Å². The molecule has 2 heteroatoms. The molecule has 0 nitrogen and oxygen atoms in total. The summed E-state index contributed by atoms with van der Waals surface area (Å²) in [6, 6.07) is 0. The first-order valence-electron chi connectivity index (χ1n) is 2.82. The van der Waals surface area contributed by atoms with Crippen molar-refractivity contribution in [2.24, 2.45) is 0 Å². The van der Waals surface area contributed by atoms with Crippen molar-refractivity contribution in [2.75, 3.05) is 0 Å². The van der Waals surface area contributed by atoms with Crippen LogP contribution in [0.5, 0.6) is 0 Å². The molecule has 0 aliphatic heterocycles. The average molecular weight is 144 g/mol. The molecule has 0 amide bonds. The largest absolute Gasteiger partial charge is 0.0897 e. The van der Waals surface area contributed by atoms with E-state index in [1.165, 1.54) is 9.73 Å². The minimum absolute atomic E-state index is 1.06. The molecule has 8 heavy (non-hydrogen) atoms. The molecule has 0 N–H and O–H groups in total. The van der Waals surface area contributed by atoms with Crippen molar-refractivity contribution in [3.05, 3.63) is 0 Å². The van der Waals surface area contributed by atoms with E-state index < -0.39 is 0 Å². The van der Waals surface area contributed by atoms with Gasteiger partial charge in [0.2, 0.25) is 0 Å². The average Bonchev–Trinajstić information content (AvgIpc) is 1.77. The second-order valence-electron chi connectivity index (χ2n) is 2.08. The third-order valence-corrected chi connectivity index (χ3v) is 2.18. The van der Waals surface area contributed by atoms with Gasteiger partial charge < -0.3 is 0 Å². The Kier molecular flexibility index (Phi) is 2.08. The fraction of sp³-hybridized carbons (Fsp3) is 0.667. The first-order valence-corrected chi connectivity index (χ1v) is 3.64. The maximum Gasteiger partial charge on any atom is -0.00645 e. The minimum atomic E-state index is 1.06. The standard InChI is InChI=1S/C6H8S2/c7-5-1-2-6(8)4-3-5/h1-4H2. The molecule has 0 atom stereocenters. The molecule has 0 saturated heterocycles. The van der Waals surface area contributed by atoms with Crippen LogP contribution < -0.4 is 0 Å². The van der Waals surface area contributed by atoms with Gasteiger partial charge in [-0.1, -0.05) is 24.4 Å². The summed E-state index contributed by atoms with van der Waals surface area (Å²) in [5, 5.41) is 0. The predicted octanol–water partition coefficient (Wildman–Crippen LogP) is 2.30. The van der Waals surface area contributed by atoms with E-state index in [0.29, 0.717) is 0 Å². The molecule has 0 radical (unpaired) electrons. The second kappa shape index (κ2) is 2.65. The summed E-state index contributed by atoms with van der Waals surface area (Å²) in [7, 11) is 0.